The number of carbonyl (C=O) groups is 2. The van der Waals surface area contributed by atoms with Crippen LogP contribution in [0.25, 0.3) is 0 Å². The van der Waals surface area contributed by atoms with E-state index in [1.807, 2.05) is 0 Å². The molecule has 1 fully saturated rings. The first-order valence-corrected chi connectivity index (χ1v) is 4.19. The Hall–Kier alpha value is -1.30. The quantitative estimate of drug-likeness (QED) is 0.483. The number of rotatable bonds is 4. The molecule has 1 heterocycles. The van der Waals surface area contributed by atoms with Crippen molar-refractivity contribution in [2.75, 3.05) is 19.6 Å². The van der Waals surface area contributed by atoms with E-state index in [2.05, 4.69) is 5.32 Å². The van der Waals surface area contributed by atoms with E-state index < -0.39 is 11.9 Å². The minimum atomic E-state index is -0.659. The standard InChI is InChI=1S/C7H14N4O2/c8-5(6(9)12)1-3-11-4-2-10-7(11)13/h5H,1-4,8H2,(H2,9,12)(H,10,13). The Bertz CT molecular complexity index is 219. The Kier molecular flexibility index (Phi) is 3.07. The molecule has 0 saturated carbocycles. The second-order valence-corrected chi connectivity index (χ2v) is 3.02. The number of carbonyl (C=O) groups excluding carboxylic acids is 2. The molecule has 1 rings (SSSR count). The fourth-order valence-corrected chi connectivity index (χ4v) is 1.16. The van der Waals surface area contributed by atoms with Gasteiger partial charge >= 0.3 is 6.03 Å². The number of urea groups is 1. The zero-order valence-corrected chi connectivity index (χ0v) is 7.32. The second kappa shape index (κ2) is 4.08. The molecule has 0 spiro atoms. The van der Waals surface area contributed by atoms with E-state index in [4.69, 9.17) is 11.5 Å². The number of hydrogen-bond donors (Lipinski definition) is 3. The van der Waals surface area contributed by atoms with E-state index in [-0.39, 0.29) is 6.03 Å². The van der Waals surface area contributed by atoms with Gasteiger partial charge in [-0.1, -0.05) is 0 Å². The Labute approximate surface area is 76.2 Å². The molecule has 0 radical (unpaired) electrons. The summed E-state index contributed by atoms with van der Waals surface area (Å²) >= 11 is 0. The predicted molar refractivity (Wildman–Crippen MR) is 46.8 cm³/mol. The highest BCUT2D eigenvalue weighted by atomic mass is 16.2. The van der Waals surface area contributed by atoms with Crippen molar-refractivity contribution in [1.29, 1.82) is 0 Å². The lowest BCUT2D eigenvalue weighted by Gasteiger charge is -2.15. The Morgan fingerprint density at radius 2 is 2.38 bits per heavy atom. The molecule has 6 heteroatoms. The van der Waals surface area contributed by atoms with Gasteiger partial charge in [0.15, 0.2) is 0 Å². The number of nitrogens with two attached hydrogens (primary N) is 2. The zero-order chi connectivity index (χ0) is 9.84. The number of amides is 3. The minimum Gasteiger partial charge on any atom is -0.368 e. The summed E-state index contributed by atoms with van der Waals surface area (Å²) in [6, 6.07) is -0.759. The number of nitrogens with zero attached hydrogens (tertiary/aromatic N) is 1. The van der Waals surface area contributed by atoms with Crippen LogP contribution >= 0.6 is 0 Å². The molecular weight excluding hydrogens is 172 g/mol. The summed E-state index contributed by atoms with van der Waals surface area (Å²) in [5, 5.41) is 2.65. The molecule has 1 unspecified atom stereocenters. The van der Waals surface area contributed by atoms with Crippen LogP contribution in [0, 0.1) is 0 Å². The van der Waals surface area contributed by atoms with Gasteiger partial charge in [0.05, 0.1) is 6.04 Å². The number of hydrogen-bond acceptors (Lipinski definition) is 3. The third kappa shape index (κ3) is 2.59. The molecule has 1 atom stereocenters. The fraction of sp³-hybridized carbons (Fsp3) is 0.714. The fourth-order valence-electron chi connectivity index (χ4n) is 1.16. The Morgan fingerprint density at radius 3 is 2.85 bits per heavy atom. The van der Waals surface area contributed by atoms with Crippen molar-refractivity contribution in [2.24, 2.45) is 11.5 Å². The van der Waals surface area contributed by atoms with Gasteiger partial charge in [-0.05, 0) is 6.42 Å². The lowest BCUT2D eigenvalue weighted by Crippen LogP contribution is -2.40. The van der Waals surface area contributed by atoms with Crippen molar-refractivity contribution < 1.29 is 9.59 Å². The summed E-state index contributed by atoms with van der Waals surface area (Å²) in [6.07, 6.45) is 0.419. The van der Waals surface area contributed by atoms with Crippen molar-refractivity contribution in [3.05, 3.63) is 0 Å². The summed E-state index contributed by atoms with van der Waals surface area (Å²) < 4.78 is 0. The predicted octanol–water partition coefficient (Wildman–Crippen LogP) is -1.79. The maximum absolute atomic E-state index is 11.0. The van der Waals surface area contributed by atoms with Crippen LogP contribution in [0.4, 0.5) is 4.79 Å². The van der Waals surface area contributed by atoms with Gasteiger partial charge in [0.2, 0.25) is 5.91 Å². The van der Waals surface area contributed by atoms with Crippen molar-refractivity contribution in [3.8, 4) is 0 Å². The third-order valence-electron chi connectivity index (χ3n) is 2.02. The Balaban J connectivity index is 2.25. The van der Waals surface area contributed by atoms with E-state index in [1.54, 1.807) is 4.90 Å². The van der Waals surface area contributed by atoms with Gasteiger partial charge in [-0.15, -0.1) is 0 Å². The first-order chi connectivity index (χ1) is 6.11. The molecule has 1 aliphatic heterocycles. The van der Waals surface area contributed by atoms with E-state index >= 15 is 0 Å². The molecule has 1 aliphatic rings. The van der Waals surface area contributed by atoms with Crippen molar-refractivity contribution in [2.45, 2.75) is 12.5 Å². The highest BCUT2D eigenvalue weighted by Crippen LogP contribution is 1.99. The summed E-state index contributed by atoms with van der Waals surface area (Å²) in [7, 11) is 0. The molecule has 6 nitrogen and oxygen atoms in total. The van der Waals surface area contributed by atoms with Crippen molar-refractivity contribution in [1.82, 2.24) is 10.2 Å². The van der Waals surface area contributed by atoms with Gasteiger partial charge in [-0.3, -0.25) is 4.79 Å². The average Bonchev–Trinajstić information content (AvgIpc) is 2.47. The molecule has 0 aromatic rings. The SMILES string of the molecule is NC(=O)C(N)CCN1CCNC1=O. The molecule has 0 aromatic carbocycles. The monoisotopic (exact) mass is 186 g/mol. The maximum atomic E-state index is 11.0. The van der Waals surface area contributed by atoms with Crippen LogP contribution in [-0.2, 0) is 4.79 Å². The highest BCUT2D eigenvalue weighted by molar-refractivity contribution is 5.80. The summed E-state index contributed by atoms with van der Waals surface area (Å²) in [6.45, 7) is 1.81. The lowest BCUT2D eigenvalue weighted by atomic mass is 10.2. The van der Waals surface area contributed by atoms with Gasteiger partial charge in [0, 0.05) is 19.6 Å². The molecule has 0 aliphatic carbocycles. The van der Waals surface area contributed by atoms with Crippen LogP contribution in [0.2, 0.25) is 0 Å². The smallest absolute Gasteiger partial charge is 0.317 e. The van der Waals surface area contributed by atoms with Crippen LogP contribution in [0.5, 0.6) is 0 Å². The largest absolute Gasteiger partial charge is 0.368 e. The van der Waals surface area contributed by atoms with Crippen LogP contribution in [-0.4, -0.2) is 42.5 Å². The van der Waals surface area contributed by atoms with Crippen LogP contribution in [0.15, 0.2) is 0 Å². The van der Waals surface area contributed by atoms with Crippen molar-refractivity contribution >= 4 is 11.9 Å². The summed E-state index contributed by atoms with van der Waals surface area (Å²) in [5.74, 6) is -0.528. The second-order valence-electron chi connectivity index (χ2n) is 3.02. The van der Waals surface area contributed by atoms with Gasteiger partial charge in [-0.25, -0.2) is 4.79 Å². The molecule has 1 saturated heterocycles. The first kappa shape index (κ1) is 9.79. The third-order valence-corrected chi connectivity index (χ3v) is 2.02. The summed E-state index contributed by atoms with van der Waals surface area (Å²) in [5.41, 5.74) is 10.4. The zero-order valence-electron chi connectivity index (χ0n) is 7.32. The summed E-state index contributed by atoms with van der Waals surface area (Å²) in [4.78, 5) is 23.2. The number of nitrogens with one attached hydrogen (secondary N) is 1. The van der Waals surface area contributed by atoms with Crippen LogP contribution in [0.3, 0.4) is 0 Å². The lowest BCUT2D eigenvalue weighted by molar-refractivity contribution is -0.119. The molecule has 74 valence electrons. The van der Waals surface area contributed by atoms with Crippen molar-refractivity contribution in [3.63, 3.8) is 0 Å². The Morgan fingerprint density at radius 1 is 1.69 bits per heavy atom. The van der Waals surface area contributed by atoms with Crippen LogP contribution < -0.4 is 16.8 Å². The van der Waals surface area contributed by atoms with E-state index in [1.165, 1.54) is 0 Å². The van der Waals surface area contributed by atoms with E-state index in [0.717, 1.165) is 0 Å². The molecule has 13 heavy (non-hydrogen) atoms. The molecule has 5 N–H and O–H groups in total. The first-order valence-electron chi connectivity index (χ1n) is 4.19. The van der Waals surface area contributed by atoms with Gasteiger partial charge in [0.25, 0.3) is 0 Å². The van der Waals surface area contributed by atoms with Gasteiger partial charge in [-0.2, -0.15) is 0 Å². The van der Waals surface area contributed by atoms with Crippen LogP contribution in [0.1, 0.15) is 6.42 Å². The molecule has 0 aromatic heterocycles. The maximum Gasteiger partial charge on any atom is 0.317 e. The van der Waals surface area contributed by atoms with E-state index in [0.29, 0.717) is 26.1 Å². The van der Waals surface area contributed by atoms with E-state index in [9.17, 15) is 9.59 Å². The minimum absolute atomic E-state index is 0.100. The molecule has 3 amide bonds. The van der Waals surface area contributed by atoms with Gasteiger partial charge < -0.3 is 21.7 Å². The molecule has 0 bridgehead atoms. The number of primary amides is 1. The highest BCUT2D eigenvalue weighted by Gasteiger charge is 2.20. The molecular formula is C7H14N4O2. The van der Waals surface area contributed by atoms with Gasteiger partial charge in [0.1, 0.15) is 0 Å². The average molecular weight is 186 g/mol. The topological polar surface area (TPSA) is 101 Å². The normalized spacial score (nSPS) is 18.5.